The van der Waals surface area contributed by atoms with Crippen molar-refractivity contribution in [2.75, 3.05) is 43.8 Å². The van der Waals surface area contributed by atoms with E-state index in [-0.39, 0.29) is 17.8 Å². The number of nitrogens with two attached hydrogens (primary N) is 1. The Bertz CT molecular complexity index is 1010. The molecule has 0 aromatic carbocycles. The van der Waals surface area contributed by atoms with Crippen LogP contribution in [0.4, 0.5) is 11.9 Å². The number of unbranched alkanes of at least 4 members (excludes halogenated alkanes) is 1. The van der Waals surface area contributed by atoms with Crippen LogP contribution in [0.25, 0.3) is 17.4 Å². The van der Waals surface area contributed by atoms with Crippen LogP contribution in [0.5, 0.6) is 0 Å². The van der Waals surface area contributed by atoms with Gasteiger partial charge in [-0.15, -0.1) is 5.10 Å². The molecule has 3 N–H and O–H groups in total. The van der Waals surface area contributed by atoms with E-state index in [1.807, 2.05) is 4.90 Å². The molecule has 0 saturated carbocycles. The lowest BCUT2D eigenvalue weighted by Crippen LogP contribution is -2.52. The lowest BCUT2D eigenvalue weighted by Gasteiger charge is -2.36. The average molecular weight is 428 g/mol. The minimum atomic E-state index is -0.414. The SMILES string of the molecule is CCCC[C@H](Nc1nc(N)n2nc(-c3ccco3)nc2n1)C(=O)N1CCN(CC)CC1. The molecule has 11 heteroatoms. The van der Waals surface area contributed by atoms with Gasteiger partial charge in [0.05, 0.1) is 6.26 Å². The van der Waals surface area contributed by atoms with Gasteiger partial charge in [-0.25, -0.2) is 0 Å². The van der Waals surface area contributed by atoms with Crippen molar-refractivity contribution < 1.29 is 9.21 Å². The molecule has 11 nitrogen and oxygen atoms in total. The first-order chi connectivity index (χ1) is 15.1. The zero-order valence-corrected chi connectivity index (χ0v) is 18.0. The highest BCUT2D eigenvalue weighted by Crippen LogP contribution is 2.19. The zero-order chi connectivity index (χ0) is 21.8. The molecule has 0 spiro atoms. The van der Waals surface area contributed by atoms with E-state index < -0.39 is 6.04 Å². The maximum absolute atomic E-state index is 13.2. The maximum atomic E-state index is 13.2. The Morgan fingerprint density at radius 2 is 2.03 bits per heavy atom. The van der Waals surface area contributed by atoms with E-state index in [1.165, 1.54) is 4.52 Å². The topological polar surface area (TPSA) is 131 Å². The van der Waals surface area contributed by atoms with Crippen LogP contribution in [-0.4, -0.2) is 79.0 Å². The average Bonchev–Trinajstić information content (AvgIpc) is 3.46. The summed E-state index contributed by atoms with van der Waals surface area (Å²) < 4.78 is 6.70. The molecule has 4 rings (SSSR count). The van der Waals surface area contributed by atoms with E-state index in [0.717, 1.165) is 45.6 Å². The number of furan rings is 1. The van der Waals surface area contributed by atoms with Crippen molar-refractivity contribution in [3.8, 4) is 11.6 Å². The molecule has 1 atom stereocenters. The van der Waals surface area contributed by atoms with Crippen LogP contribution >= 0.6 is 0 Å². The summed E-state index contributed by atoms with van der Waals surface area (Å²) in [6.07, 6.45) is 4.16. The Balaban J connectivity index is 1.54. The molecule has 0 bridgehead atoms. The second-order valence-corrected chi connectivity index (χ2v) is 7.63. The van der Waals surface area contributed by atoms with Crippen LogP contribution in [-0.2, 0) is 4.79 Å². The minimum absolute atomic E-state index is 0.0731. The Morgan fingerprint density at radius 1 is 1.23 bits per heavy atom. The Kier molecular flexibility index (Phi) is 6.31. The molecule has 0 aliphatic carbocycles. The van der Waals surface area contributed by atoms with Crippen molar-refractivity contribution in [3.63, 3.8) is 0 Å². The first-order valence-electron chi connectivity index (χ1n) is 10.8. The van der Waals surface area contributed by atoms with E-state index in [4.69, 9.17) is 10.2 Å². The summed E-state index contributed by atoms with van der Waals surface area (Å²) in [5.41, 5.74) is 6.09. The summed E-state index contributed by atoms with van der Waals surface area (Å²) in [5.74, 6) is 1.65. The van der Waals surface area contributed by atoms with Crippen LogP contribution in [0, 0.1) is 0 Å². The second-order valence-electron chi connectivity index (χ2n) is 7.63. The van der Waals surface area contributed by atoms with Crippen molar-refractivity contribution in [2.45, 2.75) is 39.2 Å². The van der Waals surface area contributed by atoms with Crippen molar-refractivity contribution in [3.05, 3.63) is 18.4 Å². The molecule has 166 valence electrons. The Morgan fingerprint density at radius 3 is 2.71 bits per heavy atom. The van der Waals surface area contributed by atoms with Crippen LogP contribution in [0.3, 0.4) is 0 Å². The molecular weight excluding hydrogens is 398 g/mol. The predicted octanol–water partition coefficient (Wildman–Crippen LogP) is 1.50. The molecule has 1 amide bonds. The Labute approximate surface area is 180 Å². The highest BCUT2D eigenvalue weighted by molar-refractivity contribution is 5.84. The number of nitrogens with zero attached hydrogens (tertiary/aromatic N) is 7. The molecule has 1 aliphatic rings. The van der Waals surface area contributed by atoms with Gasteiger partial charge in [0, 0.05) is 26.2 Å². The van der Waals surface area contributed by atoms with Gasteiger partial charge in [0.25, 0.3) is 5.78 Å². The highest BCUT2D eigenvalue weighted by atomic mass is 16.3. The monoisotopic (exact) mass is 427 g/mol. The van der Waals surface area contributed by atoms with Gasteiger partial charge >= 0.3 is 0 Å². The molecule has 3 aromatic heterocycles. The number of piperazine rings is 1. The van der Waals surface area contributed by atoms with E-state index in [1.54, 1.807) is 18.4 Å². The van der Waals surface area contributed by atoms with Crippen LogP contribution < -0.4 is 11.1 Å². The smallest absolute Gasteiger partial charge is 0.259 e. The second kappa shape index (κ2) is 9.29. The van der Waals surface area contributed by atoms with E-state index in [0.29, 0.717) is 23.8 Å². The molecule has 3 aromatic rings. The first kappa shape index (κ1) is 21.0. The molecule has 0 radical (unpaired) electrons. The van der Waals surface area contributed by atoms with Crippen molar-refractivity contribution >= 4 is 23.6 Å². The number of nitrogen functional groups attached to an aromatic ring is 1. The van der Waals surface area contributed by atoms with Gasteiger partial charge in [0.15, 0.2) is 5.76 Å². The number of anilines is 2. The molecule has 1 aliphatic heterocycles. The number of rotatable bonds is 8. The van der Waals surface area contributed by atoms with Gasteiger partial charge in [-0.2, -0.15) is 19.5 Å². The standard InChI is InChI=1S/C20H29N9O2/c1-3-5-7-14(17(30)28-11-9-27(4-2)10-12-28)22-19-24-18(21)29-20(25-19)23-16(26-29)15-8-6-13-31-15/h6,8,13-14H,3-5,7,9-12H2,1-2H3,(H3,21,22,23,24,25,26)/t14-/m0/s1. The number of hydrogen-bond donors (Lipinski definition) is 2. The number of fused-ring (bicyclic) bond motifs is 1. The molecule has 0 unspecified atom stereocenters. The lowest BCUT2D eigenvalue weighted by atomic mass is 10.1. The summed E-state index contributed by atoms with van der Waals surface area (Å²) in [6, 6.07) is 3.10. The quantitative estimate of drug-likeness (QED) is 0.549. The molecule has 4 heterocycles. The van der Waals surface area contributed by atoms with Gasteiger partial charge in [-0.1, -0.05) is 26.7 Å². The summed E-state index contributed by atoms with van der Waals surface area (Å²) in [6.45, 7) is 8.51. The van der Waals surface area contributed by atoms with Crippen LogP contribution in [0.1, 0.15) is 33.1 Å². The van der Waals surface area contributed by atoms with Crippen LogP contribution in [0.2, 0.25) is 0 Å². The van der Waals surface area contributed by atoms with Crippen molar-refractivity contribution in [1.82, 2.24) is 34.4 Å². The third-order valence-corrected chi connectivity index (χ3v) is 5.55. The molecule has 31 heavy (non-hydrogen) atoms. The number of likely N-dealkylation sites (N-methyl/N-ethyl adjacent to an activating group) is 1. The van der Waals surface area contributed by atoms with Gasteiger partial charge in [0.2, 0.25) is 23.6 Å². The predicted molar refractivity (Wildman–Crippen MR) is 116 cm³/mol. The van der Waals surface area contributed by atoms with E-state index >= 15 is 0 Å². The van der Waals surface area contributed by atoms with E-state index in [2.05, 4.69) is 44.1 Å². The van der Waals surface area contributed by atoms with Gasteiger partial charge in [-0.05, 0) is 25.1 Å². The number of aromatic nitrogens is 5. The minimum Gasteiger partial charge on any atom is -0.461 e. The van der Waals surface area contributed by atoms with E-state index in [9.17, 15) is 4.79 Å². The third kappa shape index (κ3) is 4.61. The lowest BCUT2D eigenvalue weighted by molar-refractivity contribution is -0.133. The molecule has 1 fully saturated rings. The van der Waals surface area contributed by atoms with Crippen molar-refractivity contribution in [1.29, 1.82) is 0 Å². The first-order valence-corrected chi connectivity index (χ1v) is 10.8. The number of nitrogens with one attached hydrogen (secondary N) is 1. The van der Waals surface area contributed by atoms with Gasteiger partial charge < -0.3 is 25.3 Å². The van der Waals surface area contributed by atoms with Crippen molar-refractivity contribution in [2.24, 2.45) is 0 Å². The molecule has 1 saturated heterocycles. The van der Waals surface area contributed by atoms with Gasteiger partial charge in [-0.3, -0.25) is 4.79 Å². The third-order valence-electron chi connectivity index (χ3n) is 5.55. The maximum Gasteiger partial charge on any atom is 0.259 e. The number of amides is 1. The number of carbonyl (C=O) groups is 1. The number of carbonyl (C=O) groups excluding carboxylic acids is 1. The normalized spacial score (nSPS) is 16.0. The van der Waals surface area contributed by atoms with Crippen LogP contribution in [0.15, 0.2) is 22.8 Å². The fraction of sp³-hybridized carbons (Fsp3) is 0.550. The van der Waals surface area contributed by atoms with Gasteiger partial charge in [0.1, 0.15) is 6.04 Å². The largest absolute Gasteiger partial charge is 0.461 e. The summed E-state index contributed by atoms with van der Waals surface area (Å²) in [7, 11) is 0. The highest BCUT2D eigenvalue weighted by Gasteiger charge is 2.28. The Hall–Kier alpha value is -3.21. The molecular formula is C20H29N9O2. The summed E-state index contributed by atoms with van der Waals surface area (Å²) in [5, 5.41) is 7.50. The fourth-order valence-electron chi connectivity index (χ4n) is 3.71. The summed E-state index contributed by atoms with van der Waals surface area (Å²) >= 11 is 0. The summed E-state index contributed by atoms with van der Waals surface area (Å²) in [4.78, 5) is 30.6. The number of hydrogen-bond acceptors (Lipinski definition) is 9. The fourth-order valence-corrected chi connectivity index (χ4v) is 3.71. The zero-order valence-electron chi connectivity index (χ0n) is 18.0.